The predicted molar refractivity (Wildman–Crippen MR) is 62.6 cm³/mol. The molecular weight excluding hydrogens is 222 g/mol. The van der Waals surface area contributed by atoms with E-state index >= 15 is 0 Å². The Kier molecular flexibility index (Phi) is 3.24. The number of aromatic nitrogens is 2. The minimum Gasteiger partial charge on any atom is -0.467 e. The van der Waals surface area contributed by atoms with Gasteiger partial charge in [0.25, 0.3) is 0 Å². The number of fused-ring (bicyclic) bond motifs is 1. The standard InChI is InChI=1S/C11H13N3O3/c1-17-10(16)9(6-15)14-11-12-7-4-2-3-5-8(7)13-11/h2-5,9,15H,6H2,1H3,(H2,12,13,14). The molecule has 1 aromatic heterocycles. The van der Waals surface area contributed by atoms with Crippen LogP contribution in [-0.2, 0) is 9.53 Å². The summed E-state index contributed by atoms with van der Waals surface area (Å²) < 4.78 is 4.55. The molecule has 1 heterocycles. The SMILES string of the molecule is COC(=O)C(CO)Nc1nc2ccccc2[nH]1. The number of hydrogen-bond acceptors (Lipinski definition) is 5. The zero-order chi connectivity index (χ0) is 12.3. The molecule has 90 valence electrons. The number of imidazole rings is 1. The van der Waals surface area contributed by atoms with Crippen LogP contribution in [0.4, 0.5) is 5.95 Å². The lowest BCUT2D eigenvalue weighted by molar-refractivity contribution is -0.142. The van der Waals surface area contributed by atoms with E-state index in [-0.39, 0.29) is 6.61 Å². The number of anilines is 1. The Morgan fingerprint density at radius 2 is 2.35 bits per heavy atom. The number of aliphatic hydroxyl groups excluding tert-OH is 1. The summed E-state index contributed by atoms with van der Waals surface area (Å²) in [4.78, 5) is 18.5. The van der Waals surface area contributed by atoms with E-state index in [1.165, 1.54) is 7.11 Å². The Balaban J connectivity index is 2.19. The number of aliphatic hydroxyl groups is 1. The molecule has 0 aliphatic heterocycles. The second-order valence-electron chi connectivity index (χ2n) is 3.51. The van der Waals surface area contributed by atoms with Crippen LogP contribution in [0.1, 0.15) is 0 Å². The summed E-state index contributed by atoms with van der Waals surface area (Å²) in [5, 5.41) is 11.8. The molecule has 0 saturated carbocycles. The average molecular weight is 235 g/mol. The normalized spacial score (nSPS) is 12.4. The topological polar surface area (TPSA) is 87.2 Å². The number of ether oxygens (including phenoxy) is 1. The van der Waals surface area contributed by atoms with Crippen molar-refractivity contribution in [3.05, 3.63) is 24.3 Å². The van der Waals surface area contributed by atoms with Gasteiger partial charge >= 0.3 is 5.97 Å². The molecule has 2 rings (SSSR count). The first kappa shape index (κ1) is 11.4. The van der Waals surface area contributed by atoms with Crippen molar-refractivity contribution in [3.63, 3.8) is 0 Å². The van der Waals surface area contributed by atoms with Crippen LogP contribution in [0.2, 0.25) is 0 Å². The van der Waals surface area contributed by atoms with Crippen molar-refractivity contribution < 1.29 is 14.6 Å². The van der Waals surface area contributed by atoms with Crippen molar-refractivity contribution in [1.82, 2.24) is 9.97 Å². The highest BCUT2D eigenvalue weighted by Crippen LogP contribution is 2.13. The zero-order valence-corrected chi connectivity index (χ0v) is 9.30. The summed E-state index contributed by atoms with van der Waals surface area (Å²) in [6, 6.07) is 6.66. The molecule has 0 aliphatic rings. The lowest BCUT2D eigenvalue weighted by atomic mass is 10.3. The smallest absolute Gasteiger partial charge is 0.330 e. The number of carbonyl (C=O) groups excluding carboxylic acids is 1. The van der Waals surface area contributed by atoms with Gasteiger partial charge in [-0.15, -0.1) is 0 Å². The van der Waals surface area contributed by atoms with Crippen LogP contribution >= 0.6 is 0 Å². The van der Waals surface area contributed by atoms with E-state index in [1.54, 1.807) is 0 Å². The molecule has 1 aromatic carbocycles. The summed E-state index contributed by atoms with van der Waals surface area (Å²) in [6.45, 7) is -0.357. The molecule has 1 unspecified atom stereocenters. The van der Waals surface area contributed by atoms with Gasteiger partial charge in [-0.3, -0.25) is 0 Å². The van der Waals surface area contributed by atoms with Crippen molar-refractivity contribution in [1.29, 1.82) is 0 Å². The predicted octanol–water partition coefficient (Wildman–Crippen LogP) is 0.509. The minimum absolute atomic E-state index is 0.357. The lowest BCUT2D eigenvalue weighted by Crippen LogP contribution is -2.34. The highest BCUT2D eigenvalue weighted by molar-refractivity contribution is 5.81. The van der Waals surface area contributed by atoms with Crippen molar-refractivity contribution in [2.24, 2.45) is 0 Å². The maximum absolute atomic E-state index is 11.3. The third-order valence-electron chi connectivity index (χ3n) is 2.37. The number of H-pyrrole nitrogens is 1. The van der Waals surface area contributed by atoms with Crippen molar-refractivity contribution in [2.75, 3.05) is 19.0 Å². The van der Waals surface area contributed by atoms with Gasteiger partial charge in [0, 0.05) is 0 Å². The van der Waals surface area contributed by atoms with E-state index in [1.807, 2.05) is 24.3 Å². The molecule has 6 heteroatoms. The molecule has 6 nitrogen and oxygen atoms in total. The monoisotopic (exact) mass is 235 g/mol. The molecule has 0 fully saturated rings. The number of carbonyl (C=O) groups is 1. The first-order chi connectivity index (χ1) is 8.24. The first-order valence-corrected chi connectivity index (χ1v) is 5.14. The Labute approximate surface area is 97.6 Å². The van der Waals surface area contributed by atoms with Gasteiger partial charge in [0.05, 0.1) is 24.8 Å². The molecule has 0 spiro atoms. The van der Waals surface area contributed by atoms with Gasteiger partial charge < -0.3 is 20.1 Å². The highest BCUT2D eigenvalue weighted by Gasteiger charge is 2.18. The zero-order valence-electron chi connectivity index (χ0n) is 9.30. The van der Waals surface area contributed by atoms with Crippen LogP contribution in [0.3, 0.4) is 0 Å². The number of para-hydroxylation sites is 2. The molecule has 2 aromatic rings. The molecule has 17 heavy (non-hydrogen) atoms. The minimum atomic E-state index is -0.819. The van der Waals surface area contributed by atoms with Crippen LogP contribution in [0, 0.1) is 0 Å². The maximum atomic E-state index is 11.3. The number of esters is 1. The molecule has 0 radical (unpaired) electrons. The summed E-state index contributed by atoms with van der Waals surface area (Å²) in [5.74, 6) is -0.108. The van der Waals surface area contributed by atoms with E-state index in [0.29, 0.717) is 5.95 Å². The molecule has 0 saturated heterocycles. The number of nitrogens with zero attached hydrogens (tertiary/aromatic N) is 1. The first-order valence-electron chi connectivity index (χ1n) is 5.14. The van der Waals surface area contributed by atoms with E-state index in [4.69, 9.17) is 5.11 Å². The fourth-order valence-electron chi connectivity index (χ4n) is 1.51. The Bertz CT molecular complexity index is 490. The van der Waals surface area contributed by atoms with Gasteiger partial charge in [0.15, 0.2) is 6.04 Å². The summed E-state index contributed by atoms with van der Waals surface area (Å²) in [7, 11) is 1.27. The average Bonchev–Trinajstić information content (AvgIpc) is 2.77. The Hall–Kier alpha value is -2.08. The van der Waals surface area contributed by atoms with Gasteiger partial charge in [-0.05, 0) is 12.1 Å². The highest BCUT2D eigenvalue weighted by atomic mass is 16.5. The third kappa shape index (κ3) is 2.36. The lowest BCUT2D eigenvalue weighted by Gasteiger charge is -2.12. The van der Waals surface area contributed by atoms with Crippen molar-refractivity contribution in [2.45, 2.75) is 6.04 Å². The second kappa shape index (κ2) is 4.84. The van der Waals surface area contributed by atoms with Crippen LogP contribution < -0.4 is 5.32 Å². The van der Waals surface area contributed by atoms with Gasteiger partial charge in [-0.1, -0.05) is 12.1 Å². The van der Waals surface area contributed by atoms with Gasteiger partial charge in [-0.2, -0.15) is 0 Å². The largest absolute Gasteiger partial charge is 0.467 e. The molecule has 0 aliphatic carbocycles. The van der Waals surface area contributed by atoms with Crippen molar-refractivity contribution >= 4 is 23.0 Å². The van der Waals surface area contributed by atoms with Crippen LogP contribution in [-0.4, -0.2) is 40.8 Å². The molecule has 0 amide bonds. The van der Waals surface area contributed by atoms with Crippen molar-refractivity contribution in [3.8, 4) is 0 Å². The number of hydrogen-bond donors (Lipinski definition) is 3. The third-order valence-corrected chi connectivity index (χ3v) is 2.37. The van der Waals surface area contributed by atoms with Crippen LogP contribution in [0.5, 0.6) is 0 Å². The number of aromatic amines is 1. The van der Waals surface area contributed by atoms with E-state index in [0.717, 1.165) is 11.0 Å². The van der Waals surface area contributed by atoms with Gasteiger partial charge in [0.1, 0.15) is 0 Å². The fraction of sp³-hybridized carbons (Fsp3) is 0.273. The molecule has 0 bridgehead atoms. The molecular formula is C11H13N3O3. The van der Waals surface area contributed by atoms with Gasteiger partial charge in [0.2, 0.25) is 5.95 Å². The second-order valence-corrected chi connectivity index (χ2v) is 3.51. The molecule has 1 atom stereocenters. The van der Waals surface area contributed by atoms with Crippen LogP contribution in [0.25, 0.3) is 11.0 Å². The molecule has 3 N–H and O–H groups in total. The van der Waals surface area contributed by atoms with E-state index < -0.39 is 12.0 Å². The van der Waals surface area contributed by atoms with E-state index in [2.05, 4.69) is 20.0 Å². The van der Waals surface area contributed by atoms with E-state index in [9.17, 15) is 4.79 Å². The summed E-state index contributed by atoms with van der Waals surface area (Å²) >= 11 is 0. The summed E-state index contributed by atoms with van der Waals surface area (Å²) in [6.07, 6.45) is 0. The number of rotatable bonds is 4. The quantitative estimate of drug-likeness (QED) is 0.672. The Morgan fingerprint density at radius 3 is 3.00 bits per heavy atom. The van der Waals surface area contributed by atoms with Gasteiger partial charge in [-0.25, -0.2) is 9.78 Å². The number of nitrogens with one attached hydrogen (secondary N) is 2. The number of methoxy groups -OCH3 is 1. The number of benzene rings is 1. The fourth-order valence-corrected chi connectivity index (χ4v) is 1.51. The Morgan fingerprint density at radius 1 is 1.59 bits per heavy atom. The van der Waals surface area contributed by atoms with Crippen LogP contribution in [0.15, 0.2) is 24.3 Å². The maximum Gasteiger partial charge on any atom is 0.330 e. The summed E-state index contributed by atoms with van der Waals surface area (Å²) in [5.41, 5.74) is 1.65.